The minimum Gasteiger partial charge on any atom is -0.438 e. The summed E-state index contributed by atoms with van der Waals surface area (Å²) in [6.07, 6.45) is 0. The first kappa shape index (κ1) is 19.6. The Kier molecular flexibility index (Phi) is 5.23. The summed E-state index contributed by atoms with van der Waals surface area (Å²) < 4.78 is 6.06. The lowest BCUT2D eigenvalue weighted by Crippen LogP contribution is -2.22. The summed E-state index contributed by atoms with van der Waals surface area (Å²) in [5, 5.41) is 3.86. The van der Waals surface area contributed by atoms with Crippen molar-refractivity contribution >= 4 is 28.3 Å². The van der Waals surface area contributed by atoms with Crippen molar-refractivity contribution in [2.75, 3.05) is 5.32 Å². The summed E-state index contributed by atoms with van der Waals surface area (Å²) in [4.78, 5) is 17.9. The van der Waals surface area contributed by atoms with Crippen molar-refractivity contribution in [3.8, 4) is 0 Å². The number of nitrogens with zero attached hydrogens (tertiary/aromatic N) is 1. The number of carbonyl (C=O) groups is 1. The van der Waals surface area contributed by atoms with Gasteiger partial charge < -0.3 is 9.73 Å². The molecule has 0 aliphatic rings. The fraction of sp³-hybridized carbons (Fsp3) is 0.154. The van der Waals surface area contributed by atoms with Crippen LogP contribution in [-0.4, -0.2) is 5.91 Å². The number of para-hydroxylation sites is 1. The summed E-state index contributed by atoms with van der Waals surface area (Å²) in [5.41, 5.74) is 7.27. The monoisotopic (exact) mass is 396 g/mol. The van der Waals surface area contributed by atoms with Crippen LogP contribution in [0.2, 0.25) is 0 Å². The number of anilines is 1. The molecular formula is C26H24N2O2. The average molecular weight is 396 g/mol. The second-order valence-electron chi connectivity index (χ2n) is 7.68. The lowest BCUT2D eigenvalue weighted by Gasteiger charge is -2.10. The number of carbonyl (C=O) groups excluding carboxylic acids is 1. The number of amides is 1. The van der Waals surface area contributed by atoms with Gasteiger partial charge in [-0.25, -0.2) is 4.99 Å². The second-order valence-corrected chi connectivity index (χ2v) is 7.68. The molecule has 1 heterocycles. The minimum atomic E-state index is -0.250. The average Bonchev–Trinajstić information content (AvgIpc) is 2.71. The van der Waals surface area contributed by atoms with Crippen molar-refractivity contribution in [1.82, 2.24) is 0 Å². The van der Waals surface area contributed by atoms with E-state index in [2.05, 4.69) is 11.4 Å². The van der Waals surface area contributed by atoms with Gasteiger partial charge in [0.05, 0.1) is 5.69 Å². The van der Waals surface area contributed by atoms with Crippen LogP contribution in [0, 0.1) is 27.7 Å². The van der Waals surface area contributed by atoms with Crippen LogP contribution in [-0.2, 0) is 0 Å². The molecule has 0 aliphatic carbocycles. The largest absolute Gasteiger partial charge is 0.438 e. The molecule has 0 atom stereocenters. The molecule has 4 nitrogen and oxygen atoms in total. The van der Waals surface area contributed by atoms with Gasteiger partial charge in [0.1, 0.15) is 11.1 Å². The molecule has 4 rings (SSSR count). The zero-order valence-corrected chi connectivity index (χ0v) is 17.6. The molecule has 0 bridgehead atoms. The van der Waals surface area contributed by atoms with Gasteiger partial charge in [0.15, 0.2) is 0 Å². The Morgan fingerprint density at radius 3 is 2.27 bits per heavy atom. The smallest absolute Gasteiger partial charge is 0.261 e. The molecule has 0 saturated carbocycles. The van der Waals surface area contributed by atoms with Crippen molar-refractivity contribution in [3.05, 3.63) is 100 Å². The molecule has 4 heteroatoms. The van der Waals surface area contributed by atoms with Crippen LogP contribution in [0.4, 0.5) is 11.4 Å². The summed E-state index contributed by atoms with van der Waals surface area (Å²) >= 11 is 0. The SMILES string of the molecule is Cc1ccc(N=c2oc3ccccc3cc2C(=O)Nc2ccc(C)cc2C)c(C)c1. The Hall–Kier alpha value is -3.66. The summed E-state index contributed by atoms with van der Waals surface area (Å²) in [7, 11) is 0. The van der Waals surface area contributed by atoms with Gasteiger partial charge in [-0.1, -0.05) is 53.6 Å². The Bertz CT molecular complexity index is 1330. The van der Waals surface area contributed by atoms with E-state index in [4.69, 9.17) is 9.41 Å². The third-order valence-corrected chi connectivity index (χ3v) is 5.10. The molecule has 0 unspecified atom stereocenters. The van der Waals surface area contributed by atoms with Gasteiger partial charge in [0.25, 0.3) is 5.91 Å². The number of aryl methyl sites for hydroxylation is 4. The maximum absolute atomic E-state index is 13.2. The second kappa shape index (κ2) is 7.99. The van der Waals surface area contributed by atoms with E-state index in [0.717, 1.165) is 39.0 Å². The van der Waals surface area contributed by atoms with E-state index in [1.165, 1.54) is 0 Å². The highest BCUT2D eigenvalue weighted by atomic mass is 16.3. The van der Waals surface area contributed by atoms with Gasteiger partial charge >= 0.3 is 0 Å². The zero-order valence-electron chi connectivity index (χ0n) is 17.6. The normalized spacial score (nSPS) is 11.7. The van der Waals surface area contributed by atoms with Crippen molar-refractivity contribution in [1.29, 1.82) is 0 Å². The molecule has 0 saturated heterocycles. The Balaban J connectivity index is 1.86. The number of nitrogens with one attached hydrogen (secondary N) is 1. The first-order chi connectivity index (χ1) is 14.4. The van der Waals surface area contributed by atoms with Gasteiger partial charge in [0, 0.05) is 11.1 Å². The van der Waals surface area contributed by atoms with E-state index in [-0.39, 0.29) is 5.91 Å². The standard InChI is InChI=1S/C26H24N2O2/c1-16-9-11-22(18(3)13-16)27-25(29)21-15-20-7-5-6-8-24(20)30-26(21)28-23-12-10-17(2)14-19(23)4/h5-15H,1-4H3,(H,27,29). The molecule has 30 heavy (non-hydrogen) atoms. The molecule has 0 spiro atoms. The van der Waals surface area contributed by atoms with Crippen molar-refractivity contribution in [2.45, 2.75) is 27.7 Å². The topological polar surface area (TPSA) is 54.6 Å². The highest BCUT2D eigenvalue weighted by Crippen LogP contribution is 2.21. The molecule has 0 fully saturated rings. The summed E-state index contributed by atoms with van der Waals surface area (Å²) in [6, 6.07) is 21.4. The van der Waals surface area contributed by atoms with E-state index in [0.29, 0.717) is 16.7 Å². The number of fused-ring (bicyclic) bond motifs is 1. The fourth-order valence-corrected chi connectivity index (χ4v) is 3.50. The van der Waals surface area contributed by atoms with Gasteiger partial charge in [-0.05, 0) is 63.1 Å². The van der Waals surface area contributed by atoms with E-state index in [1.54, 1.807) is 0 Å². The maximum Gasteiger partial charge on any atom is 0.261 e. The molecule has 0 radical (unpaired) electrons. The van der Waals surface area contributed by atoms with E-state index < -0.39 is 0 Å². The summed E-state index contributed by atoms with van der Waals surface area (Å²) in [5.74, 6) is -0.250. The van der Waals surface area contributed by atoms with E-state index >= 15 is 0 Å². The lowest BCUT2D eigenvalue weighted by atomic mass is 10.1. The maximum atomic E-state index is 13.2. The van der Waals surface area contributed by atoms with Crippen molar-refractivity contribution in [2.24, 2.45) is 4.99 Å². The number of benzene rings is 3. The minimum absolute atomic E-state index is 0.250. The lowest BCUT2D eigenvalue weighted by molar-refractivity contribution is 0.102. The third kappa shape index (κ3) is 4.03. The third-order valence-electron chi connectivity index (χ3n) is 5.10. The summed E-state index contributed by atoms with van der Waals surface area (Å²) in [6.45, 7) is 8.05. The van der Waals surface area contributed by atoms with Gasteiger partial charge in [-0.3, -0.25) is 4.79 Å². The molecule has 3 aromatic carbocycles. The van der Waals surface area contributed by atoms with E-state index in [1.807, 2.05) is 88.4 Å². The van der Waals surface area contributed by atoms with Crippen LogP contribution in [0.3, 0.4) is 0 Å². The van der Waals surface area contributed by atoms with Gasteiger partial charge in [0.2, 0.25) is 5.55 Å². The first-order valence-corrected chi connectivity index (χ1v) is 9.94. The van der Waals surface area contributed by atoms with Gasteiger partial charge in [-0.2, -0.15) is 0 Å². The predicted molar refractivity (Wildman–Crippen MR) is 121 cm³/mol. The Labute approximate surface area is 175 Å². The van der Waals surface area contributed by atoms with Crippen LogP contribution in [0.15, 0.2) is 76.1 Å². The van der Waals surface area contributed by atoms with E-state index in [9.17, 15) is 4.79 Å². The Morgan fingerprint density at radius 1 is 0.833 bits per heavy atom. The number of hydrogen-bond acceptors (Lipinski definition) is 3. The highest BCUT2D eigenvalue weighted by molar-refractivity contribution is 6.05. The zero-order chi connectivity index (χ0) is 21.3. The number of rotatable bonds is 3. The van der Waals surface area contributed by atoms with Crippen molar-refractivity contribution in [3.63, 3.8) is 0 Å². The van der Waals surface area contributed by atoms with Crippen LogP contribution in [0.1, 0.15) is 32.6 Å². The highest BCUT2D eigenvalue weighted by Gasteiger charge is 2.14. The van der Waals surface area contributed by atoms with Crippen LogP contribution in [0.25, 0.3) is 11.0 Å². The van der Waals surface area contributed by atoms with Crippen LogP contribution < -0.4 is 10.9 Å². The first-order valence-electron chi connectivity index (χ1n) is 9.94. The van der Waals surface area contributed by atoms with Crippen molar-refractivity contribution < 1.29 is 9.21 Å². The fourth-order valence-electron chi connectivity index (χ4n) is 3.50. The molecule has 1 amide bonds. The van der Waals surface area contributed by atoms with Crippen LogP contribution in [0.5, 0.6) is 0 Å². The Morgan fingerprint density at radius 2 is 1.53 bits per heavy atom. The molecule has 1 N–H and O–H groups in total. The molecule has 150 valence electrons. The van der Waals surface area contributed by atoms with Gasteiger partial charge in [-0.15, -0.1) is 0 Å². The molecular weight excluding hydrogens is 372 g/mol. The predicted octanol–water partition coefficient (Wildman–Crippen LogP) is 6.15. The van der Waals surface area contributed by atoms with Crippen LogP contribution >= 0.6 is 0 Å². The number of hydrogen-bond donors (Lipinski definition) is 1. The quantitative estimate of drug-likeness (QED) is 0.451. The molecule has 1 aromatic heterocycles. The molecule has 0 aliphatic heterocycles. The molecule has 4 aromatic rings.